The number of hydrogen-bond acceptors (Lipinski definition) is 3. The Morgan fingerprint density at radius 3 is 2.94 bits per heavy atom. The van der Waals surface area contributed by atoms with Crippen LogP contribution in [0.1, 0.15) is 24.2 Å². The maximum atomic E-state index is 5.95. The number of nitrogen functional groups attached to an aromatic ring is 1. The molecule has 1 aromatic carbocycles. The highest BCUT2D eigenvalue weighted by atomic mass is 15.3. The van der Waals surface area contributed by atoms with Crippen molar-refractivity contribution in [1.29, 1.82) is 0 Å². The summed E-state index contributed by atoms with van der Waals surface area (Å²) >= 11 is 0. The summed E-state index contributed by atoms with van der Waals surface area (Å²) in [6.45, 7) is 3.03. The van der Waals surface area contributed by atoms with Gasteiger partial charge in [0.1, 0.15) is 5.82 Å². The van der Waals surface area contributed by atoms with Gasteiger partial charge in [-0.2, -0.15) is 0 Å². The molecule has 1 aliphatic heterocycles. The number of hydrogen-bond donors (Lipinski definition) is 1. The van der Waals surface area contributed by atoms with E-state index >= 15 is 0 Å². The second kappa shape index (κ2) is 3.87. The number of nitrogens with two attached hydrogens (primary N) is 1. The zero-order chi connectivity index (χ0) is 11.8. The van der Waals surface area contributed by atoms with E-state index in [2.05, 4.69) is 20.8 Å². The summed E-state index contributed by atoms with van der Waals surface area (Å²) in [6, 6.07) is 6.09. The molecule has 88 valence electrons. The SMILES string of the molecule is Cc1ccc(-c2nnc3n2CCCC3)cc1N. The number of benzene rings is 1. The van der Waals surface area contributed by atoms with Gasteiger partial charge in [-0.25, -0.2) is 0 Å². The Balaban J connectivity index is 2.09. The Bertz CT molecular complexity index is 557. The quantitative estimate of drug-likeness (QED) is 0.761. The maximum Gasteiger partial charge on any atom is 0.164 e. The minimum Gasteiger partial charge on any atom is -0.398 e. The Kier molecular flexibility index (Phi) is 2.35. The number of aryl methyl sites for hydroxylation is 2. The lowest BCUT2D eigenvalue weighted by atomic mass is 10.1. The van der Waals surface area contributed by atoms with E-state index in [0.717, 1.165) is 41.4 Å². The molecular weight excluding hydrogens is 212 g/mol. The topological polar surface area (TPSA) is 56.7 Å². The van der Waals surface area contributed by atoms with Crippen LogP contribution in [0.25, 0.3) is 11.4 Å². The van der Waals surface area contributed by atoms with Crippen molar-refractivity contribution in [3.8, 4) is 11.4 Å². The molecule has 1 aliphatic rings. The van der Waals surface area contributed by atoms with E-state index in [0.29, 0.717) is 0 Å². The van der Waals surface area contributed by atoms with E-state index < -0.39 is 0 Å². The Morgan fingerprint density at radius 2 is 2.12 bits per heavy atom. The Labute approximate surface area is 100 Å². The number of rotatable bonds is 1. The summed E-state index contributed by atoms with van der Waals surface area (Å²) in [5.41, 5.74) is 8.93. The molecule has 0 unspecified atom stereocenters. The van der Waals surface area contributed by atoms with Crippen LogP contribution in [0.3, 0.4) is 0 Å². The summed E-state index contributed by atoms with van der Waals surface area (Å²) in [7, 11) is 0. The van der Waals surface area contributed by atoms with E-state index in [1.807, 2.05) is 19.1 Å². The molecule has 0 bridgehead atoms. The van der Waals surface area contributed by atoms with Crippen LogP contribution in [0, 0.1) is 6.92 Å². The first-order valence-electron chi connectivity index (χ1n) is 6.04. The zero-order valence-corrected chi connectivity index (χ0v) is 9.98. The van der Waals surface area contributed by atoms with Crippen LogP contribution in [-0.4, -0.2) is 14.8 Å². The highest BCUT2D eigenvalue weighted by Crippen LogP contribution is 2.25. The van der Waals surface area contributed by atoms with Crippen molar-refractivity contribution in [3.63, 3.8) is 0 Å². The van der Waals surface area contributed by atoms with Gasteiger partial charge in [-0.3, -0.25) is 0 Å². The van der Waals surface area contributed by atoms with Gasteiger partial charge in [0.05, 0.1) is 0 Å². The molecule has 0 radical (unpaired) electrons. The molecule has 3 rings (SSSR count). The summed E-state index contributed by atoms with van der Waals surface area (Å²) < 4.78 is 2.22. The molecule has 2 heterocycles. The van der Waals surface area contributed by atoms with Crippen LogP contribution >= 0.6 is 0 Å². The van der Waals surface area contributed by atoms with Crippen LogP contribution in [0.4, 0.5) is 5.69 Å². The summed E-state index contributed by atoms with van der Waals surface area (Å²) in [5.74, 6) is 2.05. The smallest absolute Gasteiger partial charge is 0.164 e. The molecule has 0 fully saturated rings. The van der Waals surface area contributed by atoms with Crippen LogP contribution < -0.4 is 5.73 Å². The third-order valence-corrected chi connectivity index (χ3v) is 3.40. The fourth-order valence-corrected chi connectivity index (χ4v) is 2.30. The second-order valence-electron chi connectivity index (χ2n) is 4.62. The van der Waals surface area contributed by atoms with Gasteiger partial charge in [-0.05, 0) is 31.4 Å². The van der Waals surface area contributed by atoms with Crippen molar-refractivity contribution >= 4 is 5.69 Å². The third-order valence-electron chi connectivity index (χ3n) is 3.40. The molecule has 1 aromatic heterocycles. The maximum absolute atomic E-state index is 5.95. The Morgan fingerprint density at radius 1 is 1.24 bits per heavy atom. The average molecular weight is 228 g/mol. The van der Waals surface area contributed by atoms with Crippen molar-refractivity contribution in [2.75, 3.05) is 5.73 Å². The average Bonchev–Trinajstić information content (AvgIpc) is 2.76. The first-order valence-corrected chi connectivity index (χ1v) is 6.04. The third kappa shape index (κ3) is 1.69. The number of fused-ring (bicyclic) bond motifs is 1. The minimum absolute atomic E-state index is 0.815. The van der Waals surface area contributed by atoms with Crippen LogP contribution in [0.5, 0.6) is 0 Å². The van der Waals surface area contributed by atoms with Gasteiger partial charge in [0.15, 0.2) is 5.82 Å². The zero-order valence-electron chi connectivity index (χ0n) is 9.98. The van der Waals surface area contributed by atoms with Gasteiger partial charge in [0, 0.05) is 24.2 Å². The van der Waals surface area contributed by atoms with Crippen molar-refractivity contribution in [1.82, 2.24) is 14.8 Å². The fourth-order valence-electron chi connectivity index (χ4n) is 2.30. The van der Waals surface area contributed by atoms with E-state index in [-0.39, 0.29) is 0 Å². The lowest BCUT2D eigenvalue weighted by Crippen LogP contribution is -2.11. The van der Waals surface area contributed by atoms with Crippen molar-refractivity contribution in [2.24, 2.45) is 0 Å². The molecule has 4 nitrogen and oxygen atoms in total. The van der Waals surface area contributed by atoms with E-state index in [9.17, 15) is 0 Å². The van der Waals surface area contributed by atoms with Crippen LogP contribution in [0.2, 0.25) is 0 Å². The van der Waals surface area contributed by atoms with E-state index in [1.165, 1.54) is 12.8 Å². The monoisotopic (exact) mass is 228 g/mol. The lowest BCUT2D eigenvalue weighted by molar-refractivity contribution is 0.526. The first kappa shape index (κ1) is 10.3. The van der Waals surface area contributed by atoms with E-state index in [1.54, 1.807) is 0 Å². The number of anilines is 1. The number of nitrogens with zero attached hydrogens (tertiary/aromatic N) is 3. The standard InChI is InChI=1S/C13H16N4/c1-9-5-6-10(8-11(9)14)13-16-15-12-4-2-3-7-17(12)13/h5-6,8H,2-4,7,14H2,1H3. The molecule has 0 saturated heterocycles. The Hall–Kier alpha value is -1.84. The molecular formula is C13H16N4. The highest BCUT2D eigenvalue weighted by Gasteiger charge is 2.16. The number of aromatic nitrogens is 3. The summed E-state index contributed by atoms with van der Waals surface area (Å²) in [4.78, 5) is 0. The van der Waals surface area contributed by atoms with Crippen LogP contribution in [-0.2, 0) is 13.0 Å². The van der Waals surface area contributed by atoms with Gasteiger partial charge in [0.25, 0.3) is 0 Å². The highest BCUT2D eigenvalue weighted by molar-refractivity contribution is 5.64. The molecule has 0 saturated carbocycles. The van der Waals surface area contributed by atoms with E-state index in [4.69, 9.17) is 5.73 Å². The van der Waals surface area contributed by atoms with Gasteiger partial charge < -0.3 is 10.3 Å². The largest absolute Gasteiger partial charge is 0.398 e. The van der Waals surface area contributed by atoms with Crippen molar-refractivity contribution in [2.45, 2.75) is 32.7 Å². The molecule has 0 spiro atoms. The predicted octanol–water partition coefficient (Wildman–Crippen LogP) is 2.17. The fraction of sp³-hybridized carbons (Fsp3) is 0.385. The summed E-state index contributed by atoms with van der Waals surface area (Å²) in [6.07, 6.45) is 3.46. The molecule has 2 aromatic rings. The van der Waals surface area contributed by atoms with Gasteiger partial charge >= 0.3 is 0 Å². The molecule has 17 heavy (non-hydrogen) atoms. The van der Waals surface area contributed by atoms with Gasteiger partial charge in [0.2, 0.25) is 0 Å². The van der Waals surface area contributed by atoms with Crippen molar-refractivity contribution < 1.29 is 0 Å². The van der Waals surface area contributed by atoms with Gasteiger partial charge in [-0.1, -0.05) is 12.1 Å². The predicted molar refractivity (Wildman–Crippen MR) is 67.5 cm³/mol. The molecule has 2 N–H and O–H groups in total. The normalized spacial score (nSPS) is 14.6. The second-order valence-corrected chi connectivity index (χ2v) is 4.62. The first-order chi connectivity index (χ1) is 8.25. The molecule has 0 atom stereocenters. The molecule has 0 aliphatic carbocycles. The molecule has 0 amide bonds. The lowest BCUT2D eigenvalue weighted by Gasteiger charge is -2.15. The van der Waals surface area contributed by atoms with Gasteiger partial charge in [-0.15, -0.1) is 10.2 Å². The summed E-state index contributed by atoms with van der Waals surface area (Å²) in [5, 5.41) is 8.55. The minimum atomic E-state index is 0.815. The molecule has 4 heteroatoms. The van der Waals surface area contributed by atoms with Crippen LogP contribution in [0.15, 0.2) is 18.2 Å². The van der Waals surface area contributed by atoms with Crippen molar-refractivity contribution in [3.05, 3.63) is 29.6 Å².